The molecule has 0 aliphatic heterocycles. The molecule has 1 aliphatic carbocycles. The van der Waals surface area contributed by atoms with Gasteiger partial charge >= 0.3 is 5.97 Å². The summed E-state index contributed by atoms with van der Waals surface area (Å²) in [5.74, 6) is -0.319. The average molecular weight is 333 g/mol. The topological polar surface area (TPSA) is 69.7 Å². The Balaban J connectivity index is 2.25. The second-order valence-electron chi connectivity index (χ2n) is 4.97. The van der Waals surface area contributed by atoms with Crippen LogP contribution in [0, 0.1) is 0 Å². The Labute approximate surface area is 128 Å². The molecule has 0 radical (unpaired) electrons. The predicted octanol–water partition coefficient (Wildman–Crippen LogP) is 3.11. The molecule has 1 aromatic rings. The van der Waals surface area contributed by atoms with Crippen LogP contribution in [0.15, 0.2) is 23.1 Å². The first-order valence-electron chi connectivity index (χ1n) is 6.75. The van der Waals surface area contributed by atoms with Crippen LogP contribution in [0.1, 0.15) is 42.5 Å². The molecule has 0 bridgehead atoms. The second-order valence-corrected chi connectivity index (χ2v) is 7.53. The lowest BCUT2D eigenvalue weighted by Gasteiger charge is -2.22. The molecule has 0 unspecified atom stereocenters. The Morgan fingerprint density at radius 2 is 1.90 bits per heavy atom. The molecule has 1 saturated carbocycles. The zero-order valence-electron chi connectivity index (χ0n) is 11.7. The molecule has 0 N–H and O–H groups in total. The average Bonchev–Trinajstić information content (AvgIpc) is 2.46. The second kappa shape index (κ2) is 6.66. The number of carbonyl (C=O) groups excluding carboxylic acids is 1. The SMILES string of the molecule is COc1ccc(S(=O)(=O)Cl)cc1C(=O)OC1CCCCC1. The summed E-state index contributed by atoms with van der Waals surface area (Å²) in [7, 11) is 2.80. The molecule has 0 heterocycles. The minimum atomic E-state index is -3.91. The van der Waals surface area contributed by atoms with Crippen LogP contribution >= 0.6 is 10.7 Å². The highest BCUT2D eigenvalue weighted by molar-refractivity contribution is 8.13. The van der Waals surface area contributed by atoms with E-state index in [4.69, 9.17) is 20.2 Å². The van der Waals surface area contributed by atoms with Crippen molar-refractivity contribution in [3.63, 3.8) is 0 Å². The van der Waals surface area contributed by atoms with Crippen molar-refractivity contribution in [1.29, 1.82) is 0 Å². The third-order valence-electron chi connectivity index (χ3n) is 3.50. The van der Waals surface area contributed by atoms with E-state index >= 15 is 0 Å². The van der Waals surface area contributed by atoms with Crippen LogP contribution in [0.2, 0.25) is 0 Å². The maximum absolute atomic E-state index is 12.2. The normalized spacial score (nSPS) is 16.5. The van der Waals surface area contributed by atoms with E-state index in [1.165, 1.54) is 25.3 Å². The summed E-state index contributed by atoms with van der Waals surface area (Å²) in [6.45, 7) is 0. The molecule has 1 fully saturated rings. The van der Waals surface area contributed by atoms with E-state index in [-0.39, 0.29) is 22.3 Å². The lowest BCUT2D eigenvalue weighted by molar-refractivity contribution is 0.0207. The fraction of sp³-hybridized carbons (Fsp3) is 0.500. The van der Waals surface area contributed by atoms with Crippen LogP contribution in [-0.4, -0.2) is 27.6 Å². The van der Waals surface area contributed by atoms with E-state index in [0.29, 0.717) is 0 Å². The molecule has 21 heavy (non-hydrogen) atoms. The Hall–Kier alpha value is -1.27. The highest BCUT2D eigenvalue weighted by atomic mass is 35.7. The van der Waals surface area contributed by atoms with Crippen LogP contribution in [-0.2, 0) is 13.8 Å². The molecule has 2 rings (SSSR count). The first-order valence-corrected chi connectivity index (χ1v) is 9.06. The van der Waals surface area contributed by atoms with Crippen molar-refractivity contribution in [2.24, 2.45) is 0 Å². The number of methoxy groups -OCH3 is 1. The molecule has 0 spiro atoms. The van der Waals surface area contributed by atoms with E-state index in [2.05, 4.69) is 0 Å². The number of hydrogen-bond acceptors (Lipinski definition) is 5. The molecule has 5 nitrogen and oxygen atoms in total. The molecule has 0 amide bonds. The fourth-order valence-electron chi connectivity index (χ4n) is 2.40. The summed E-state index contributed by atoms with van der Waals surface area (Å²) in [5.41, 5.74) is 0.0739. The summed E-state index contributed by atoms with van der Waals surface area (Å²) in [4.78, 5) is 12.1. The van der Waals surface area contributed by atoms with Gasteiger partial charge in [0, 0.05) is 10.7 Å². The minimum absolute atomic E-state index is 0.0739. The van der Waals surface area contributed by atoms with Crippen molar-refractivity contribution in [2.75, 3.05) is 7.11 Å². The smallest absolute Gasteiger partial charge is 0.342 e. The molecule has 0 aromatic heterocycles. The highest BCUT2D eigenvalue weighted by Gasteiger charge is 2.23. The summed E-state index contributed by atoms with van der Waals surface area (Å²) in [6.07, 6.45) is 4.77. The summed E-state index contributed by atoms with van der Waals surface area (Å²) >= 11 is 0. The quantitative estimate of drug-likeness (QED) is 0.626. The standard InChI is InChI=1S/C14H17ClO5S/c1-19-13-8-7-11(21(15,17)18)9-12(13)14(16)20-10-5-3-2-4-6-10/h7-10H,2-6H2,1H3. The minimum Gasteiger partial charge on any atom is -0.496 e. The summed E-state index contributed by atoms with van der Waals surface area (Å²) in [5, 5.41) is 0. The largest absolute Gasteiger partial charge is 0.496 e. The molecule has 0 atom stereocenters. The van der Waals surface area contributed by atoms with E-state index in [1.807, 2.05) is 0 Å². The Morgan fingerprint density at radius 1 is 1.24 bits per heavy atom. The van der Waals surface area contributed by atoms with Gasteiger partial charge in [0.05, 0.1) is 12.0 Å². The molecule has 1 aromatic carbocycles. The lowest BCUT2D eigenvalue weighted by atomic mass is 9.98. The van der Waals surface area contributed by atoms with Gasteiger partial charge in [0.1, 0.15) is 17.4 Å². The number of carbonyl (C=O) groups is 1. The Bertz CT molecular complexity index is 620. The van der Waals surface area contributed by atoms with Gasteiger partial charge in [0.25, 0.3) is 9.05 Å². The van der Waals surface area contributed by atoms with Gasteiger partial charge in [-0.05, 0) is 43.9 Å². The lowest BCUT2D eigenvalue weighted by Crippen LogP contribution is -2.21. The van der Waals surface area contributed by atoms with Crippen LogP contribution in [0.25, 0.3) is 0 Å². The number of halogens is 1. The van der Waals surface area contributed by atoms with Crippen molar-refractivity contribution in [3.05, 3.63) is 23.8 Å². The first kappa shape index (κ1) is 16.1. The van der Waals surface area contributed by atoms with Crippen LogP contribution in [0.3, 0.4) is 0 Å². The van der Waals surface area contributed by atoms with Crippen LogP contribution in [0.5, 0.6) is 5.75 Å². The van der Waals surface area contributed by atoms with Gasteiger partial charge in [-0.3, -0.25) is 0 Å². The Morgan fingerprint density at radius 3 is 2.48 bits per heavy atom. The molecular formula is C14H17ClO5S. The monoisotopic (exact) mass is 332 g/mol. The molecule has 0 saturated heterocycles. The van der Waals surface area contributed by atoms with Crippen molar-refractivity contribution in [2.45, 2.75) is 43.1 Å². The number of rotatable bonds is 4. The third-order valence-corrected chi connectivity index (χ3v) is 4.85. The maximum atomic E-state index is 12.2. The summed E-state index contributed by atoms with van der Waals surface area (Å²) < 4.78 is 33.3. The zero-order valence-corrected chi connectivity index (χ0v) is 13.2. The van der Waals surface area contributed by atoms with Crippen molar-refractivity contribution in [1.82, 2.24) is 0 Å². The van der Waals surface area contributed by atoms with Crippen LogP contribution in [0.4, 0.5) is 0 Å². The van der Waals surface area contributed by atoms with Gasteiger partial charge < -0.3 is 9.47 Å². The van der Waals surface area contributed by atoms with Gasteiger partial charge in [0.2, 0.25) is 0 Å². The summed E-state index contributed by atoms with van der Waals surface area (Å²) in [6, 6.07) is 3.87. The van der Waals surface area contributed by atoms with Crippen molar-refractivity contribution < 1.29 is 22.7 Å². The molecule has 1 aliphatic rings. The fourth-order valence-corrected chi connectivity index (χ4v) is 3.17. The Kier molecular flexibility index (Phi) is 5.11. The first-order chi connectivity index (χ1) is 9.91. The zero-order chi connectivity index (χ0) is 15.5. The van der Waals surface area contributed by atoms with Crippen LogP contribution < -0.4 is 4.74 Å². The maximum Gasteiger partial charge on any atom is 0.342 e. The van der Waals surface area contributed by atoms with E-state index in [0.717, 1.165) is 32.1 Å². The highest BCUT2D eigenvalue weighted by Crippen LogP contribution is 2.27. The molecular weight excluding hydrogens is 316 g/mol. The molecule has 116 valence electrons. The van der Waals surface area contributed by atoms with Gasteiger partial charge in [-0.25, -0.2) is 13.2 Å². The van der Waals surface area contributed by atoms with E-state index in [9.17, 15) is 13.2 Å². The van der Waals surface area contributed by atoms with E-state index < -0.39 is 15.0 Å². The number of ether oxygens (including phenoxy) is 2. The van der Waals surface area contributed by atoms with Gasteiger partial charge in [0.15, 0.2) is 0 Å². The predicted molar refractivity (Wildman–Crippen MR) is 78.3 cm³/mol. The van der Waals surface area contributed by atoms with E-state index in [1.54, 1.807) is 0 Å². The third kappa shape index (κ3) is 4.11. The van der Waals surface area contributed by atoms with Gasteiger partial charge in [-0.1, -0.05) is 6.42 Å². The number of esters is 1. The van der Waals surface area contributed by atoms with Gasteiger partial charge in [-0.15, -0.1) is 0 Å². The van der Waals surface area contributed by atoms with Crippen molar-refractivity contribution >= 4 is 25.7 Å². The van der Waals surface area contributed by atoms with Gasteiger partial charge in [-0.2, -0.15) is 0 Å². The number of hydrogen-bond donors (Lipinski definition) is 0. The number of benzene rings is 1. The van der Waals surface area contributed by atoms with Crippen molar-refractivity contribution in [3.8, 4) is 5.75 Å². The molecule has 7 heteroatoms.